The van der Waals surface area contributed by atoms with Crippen molar-refractivity contribution >= 4 is 21.9 Å². The topological polar surface area (TPSA) is 51.8 Å². The Labute approximate surface area is 284 Å². The minimum Gasteiger partial charge on any atom is -0.455 e. The highest BCUT2D eigenvalue weighted by Crippen LogP contribution is 2.38. The summed E-state index contributed by atoms with van der Waals surface area (Å²) in [6.45, 7) is 0. The van der Waals surface area contributed by atoms with Crippen molar-refractivity contribution in [1.29, 1.82) is 0 Å². The first-order valence-electron chi connectivity index (χ1n) is 16.4. The van der Waals surface area contributed by atoms with E-state index in [0.29, 0.717) is 17.5 Å². The molecule has 0 unspecified atom stereocenters. The largest absolute Gasteiger partial charge is 0.455 e. The molecule has 2 aromatic heterocycles. The van der Waals surface area contributed by atoms with Gasteiger partial charge in [0.05, 0.1) is 0 Å². The Kier molecular flexibility index (Phi) is 7.10. The normalized spacial score (nSPS) is 11.3. The number of benzene rings is 7. The van der Waals surface area contributed by atoms with Gasteiger partial charge in [0.25, 0.3) is 0 Å². The van der Waals surface area contributed by atoms with Crippen LogP contribution in [0.25, 0.3) is 89.5 Å². The van der Waals surface area contributed by atoms with Crippen LogP contribution in [0.3, 0.4) is 0 Å². The fourth-order valence-corrected chi connectivity index (χ4v) is 6.55. The maximum absolute atomic E-state index is 6.48. The van der Waals surface area contributed by atoms with Gasteiger partial charge in [-0.05, 0) is 52.1 Å². The quantitative estimate of drug-likeness (QED) is 0.184. The monoisotopic (exact) mass is 627 g/mol. The number of aromatic nitrogens is 3. The van der Waals surface area contributed by atoms with Crippen molar-refractivity contribution in [2.45, 2.75) is 0 Å². The number of furan rings is 1. The first-order chi connectivity index (χ1) is 24.3. The number of hydrogen-bond donors (Lipinski definition) is 0. The number of nitrogens with zero attached hydrogens (tertiary/aromatic N) is 3. The molecule has 0 bridgehead atoms. The minimum atomic E-state index is 0.600. The number of hydrogen-bond acceptors (Lipinski definition) is 4. The van der Waals surface area contributed by atoms with Gasteiger partial charge in [-0.1, -0.05) is 152 Å². The molecule has 4 heteroatoms. The Morgan fingerprint density at radius 3 is 1.53 bits per heavy atom. The zero-order valence-electron chi connectivity index (χ0n) is 26.5. The van der Waals surface area contributed by atoms with Gasteiger partial charge in [-0.25, -0.2) is 15.0 Å². The Balaban J connectivity index is 1.24. The van der Waals surface area contributed by atoms with E-state index in [2.05, 4.69) is 140 Å². The fourth-order valence-electron chi connectivity index (χ4n) is 6.55. The van der Waals surface area contributed by atoms with E-state index in [1.54, 1.807) is 0 Å². The van der Waals surface area contributed by atoms with Gasteiger partial charge in [0.2, 0.25) is 0 Å². The van der Waals surface area contributed by atoms with Gasteiger partial charge < -0.3 is 4.42 Å². The molecule has 9 rings (SSSR count). The van der Waals surface area contributed by atoms with Crippen molar-refractivity contribution in [2.24, 2.45) is 0 Å². The van der Waals surface area contributed by atoms with Gasteiger partial charge in [-0.2, -0.15) is 0 Å². The fraction of sp³-hybridized carbons (Fsp3) is 0. The Bertz CT molecular complexity index is 2590. The Hall–Kier alpha value is -6.65. The molecule has 0 atom stereocenters. The van der Waals surface area contributed by atoms with E-state index in [-0.39, 0.29) is 0 Å². The first-order valence-corrected chi connectivity index (χ1v) is 16.4. The summed E-state index contributed by atoms with van der Waals surface area (Å²) < 4.78 is 6.48. The zero-order chi connectivity index (χ0) is 32.6. The zero-order valence-corrected chi connectivity index (χ0v) is 26.5. The molecule has 0 aliphatic rings. The van der Waals surface area contributed by atoms with Crippen LogP contribution in [0.5, 0.6) is 0 Å². The van der Waals surface area contributed by atoms with E-state index < -0.39 is 0 Å². The number of rotatable bonds is 6. The Morgan fingerprint density at radius 1 is 0.306 bits per heavy atom. The van der Waals surface area contributed by atoms with Crippen LogP contribution >= 0.6 is 0 Å². The van der Waals surface area contributed by atoms with Crippen LogP contribution in [0.4, 0.5) is 0 Å². The second kappa shape index (κ2) is 12.2. The maximum atomic E-state index is 6.48. The molecule has 0 saturated carbocycles. The van der Waals surface area contributed by atoms with Gasteiger partial charge in [0.1, 0.15) is 11.2 Å². The molecule has 2 heterocycles. The molecule has 4 nitrogen and oxygen atoms in total. The highest BCUT2D eigenvalue weighted by molar-refractivity contribution is 6.10. The second-order valence-corrected chi connectivity index (χ2v) is 12.0. The predicted molar refractivity (Wildman–Crippen MR) is 200 cm³/mol. The van der Waals surface area contributed by atoms with Crippen LogP contribution in [0.15, 0.2) is 180 Å². The van der Waals surface area contributed by atoms with Crippen LogP contribution < -0.4 is 0 Å². The molecule has 0 radical (unpaired) electrons. The standard InChI is InChI=1S/C45H29N3O/c1-4-14-30(15-5-1)33-20-12-21-34(28-33)43-46-44(48-45(47-43)39-23-11-10-22-36(39)31-16-6-2-7-17-31)35-26-27-41-40(29-35)38-25-13-24-37(42(38)49-41)32-18-8-3-9-19-32/h1-29H. The summed E-state index contributed by atoms with van der Waals surface area (Å²) in [5, 5.41) is 2.07. The molecule has 230 valence electrons. The molecule has 0 N–H and O–H groups in total. The minimum absolute atomic E-state index is 0.600. The molecule has 0 spiro atoms. The highest BCUT2D eigenvalue weighted by Gasteiger charge is 2.18. The third kappa shape index (κ3) is 5.35. The van der Waals surface area contributed by atoms with Crippen molar-refractivity contribution in [1.82, 2.24) is 15.0 Å². The van der Waals surface area contributed by atoms with Crippen LogP contribution in [0.2, 0.25) is 0 Å². The average molecular weight is 628 g/mol. The van der Waals surface area contributed by atoms with Crippen molar-refractivity contribution in [3.05, 3.63) is 176 Å². The van der Waals surface area contributed by atoms with Crippen LogP contribution in [0, 0.1) is 0 Å². The molecule has 0 aliphatic heterocycles. The molecule has 49 heavy (non-hydrogen) atoms. The lowest BCUT2D eigenvalue weighted by atomic mass is 9.99. The molecular weight excluding hydrogens is 599 g/mol. The highest BCUT2D eigenvalue weighted by atomic mass is 16.3. The van der Waals surface area contributed by atoms with Crippen molar-refractivity contribution in [3.8, 4) is 67.5 Å². The summed E-state index contributed by atoms with van der Waals surface area (Å²) in [7, 11) is 0. The van der Waals surface area contributed by atoms with E-state index in [1.165, 1.54) is 0 Å². The third-order valence-corrected chi connectivity index (χ3v) is 8.96. The van der Waals surface area contributed by atoms with E-state index in [1.807, 2.05) is 36.4 Å². The molecule has 0 saturated heterocycles. The summed E-state index contributed by atoms with van der Waals surface area (Å²) in [5.41, 5.74) is 11.0. The molecule has 0 aliphatic carbocycles. The lowest BCUT2D eigenvalue weighted by Gasteiger charge is -2.12. The molecular formula is C45H29N3O. The van der Waals surface area contributed by atoms with Gasteiger partial charge in [-0.3, -0.25) is 0 Å². The summed E-state index contributed by atoms with van der Waals surface area (Å²) in [6.07, 6.45) is 0. The second-order valence-electron chi connectivity index (χ2n) is 12.0. The number of para-hydroxylation sites is 1. The van der Waals surface area contributed by atoms with E-state index in [9.17, 15) is 0 Å². The molecule has 0 amide bonds. The van der Waals surface area contributed by atoms with Gasteiger partial charge in [0.15, 0.2) is 17.5 Å². The van der Waals surface area contributed by atoms with E-state index >= 15 is 0 Å². The average Bonchev–Trinajstić information content (AvgIpc) is 3.57. The van der Waals surface area contributed by atoms with Gasteiger partial charge in [-0.15, -0.1) is 0 Å². The van der Waals surface area contributed by atoms with Gasteiger partial charge >= 0.3 is 0 Å². The first kappa shape index (κ1) is 28.6. The van der Waals surface area contributed by atoms with Gasteiger partial charge in [0, 0.05) is 33.0 Å². The van der Waals surface area contributed by atoms with Crippen molar-refractivity contribution < 1.29 is 4.42 Å². The SMILES string of the molecule is c1ccc(-c2cccc(-c3nc(-c4ccc5oc6c(-c7ccccc7)cccc6c5c4)nc(-c4ccccc4-c4ccccc4)n3)c2)cc1. The lowest BCUT2D eigenvalue weighted by Crippen LogP contribution is -2.01. The lowest BCUT2D eigenvalue weighted by molar-refractivity contribution is 0.670. The molecule has 0 fully saturated rings. The van der Waals surface area contributed by atoms with E-state index in [4.69, 9.17) is 19.4 Å². The van der Waals surface area contributed by atoms with E-state index in [0.717, 1.165) is 72.0 Å². The summed E-state index contributed by atoms with van der Waals surface area (Å²) in [5.74, 6) is 1.83. The number of fused-ring (bicyclic) bond motifs is 3. The smallest absolute Gasteiger partial charge is 0.164 e. The molecule has 7 aromatic carbocycles. The van der Waals surface area contributed by atoms with Crippen LogP contribution in [-0.2, 0) is 0 Å². The third-order valence-electron chi connectivity index (χ3n) is 8.96. The van der Waals surface area contributed by atoms with Crippen molar-refractivity contribution in [2.75, 3.05) is 0 Å². The summed E-state index contributed by atoms with van der Waals surface area (Å²) in [4.78, 5) is 15.4. The maximum Gasteiger partial charge on any atom is 0.164 e. The summed E-state index contributed by atoms with van der Waals surface area (Å²) in [6, 6.07) is 60.3. The Morgan fingerprint density at radius 2 is 0.816 bits per heavy atom. The van der Waals surface area contributed by atoms with Crippen LogP contribution in [0.1, 0.15) is 0 Å². The predicted octanol–water partition coefficient (Wildman–Crippen LogP) is 11.8. The van der Waals surface area contributed by atoms with Crippen LogP contribution in [-0.4, -0.2) is 15.0 Å². The molecule has 9 aromatic rings. The van der Waals surface area contributed by atoms with Crippen molar-refractivity contribution in [3.63, 3.8) is 0 Å². The summed E-state index contributed by atoms with van der Waals surface area (Å²) >= 11 is 0.